The minimum Gasteiger partial charge on any atom is -0.374 e. The predicted molar refractivity (Wildman–Crippen MR) is 77.6 cm³/mol. The lowest BCUT2D eigenvalue weighted by Gasteiger charge is -2.17. The number of halogens is 3. The van der Waals surface area contributed by atoms with E-state index in [9.17, 15) is 22.8 Å². The van der Waals surface area contributed by atoms with Crippen molar-refractivity contribution in [2.45, 2.75) is 33.0 Å². The van der Waals surface area contributed by atoms with Gasteiger partial charge in [-0.15, -0.1) is 0 Å². The lowest BCUT2D eigenvalue weighted by atomic mass is 10.1. The molecule has 0 heterocycles. The molecule has 0 bridgehead atoms. The van der Waals surface area contributed by atoms with Gasteiger partial charge in [-0.1, -0.05) is 0 Å². The summed E-state index contributed by atoms with van der Waals surface area (Å²) in [6, 6.07) is 4.15. The molecule has 8 heteroatoms. The molecule has 0 saturated heterocycles. The number of benzene rings is 1. The zero-order chi connectivity index (χ0) is 16.9. The van der Waals surface area contributed by atoms with Crippen molar-refractivity contribution in [3.8, 4) is 0 Å². The van der Waals surface area contributed by atoms with Crippen LogP contribution in [-0.2, 0) is 9.59 Å². The predicted octanol–water partition coefficient (Wildman–Crippen LogP) is 2.43. The van der Waals surface area contributed by atoms with Gasteiger partial charge in [0.05, 0.1) is 0 Å². The highest BCUT2D eigenvalue weighted by atomic mass is 19.4. The van der Waals surface area contributed by atoms with E-state index >= 15 is 0 Å². The van der Waals surface area contributed by atoms with Gasteiger partial charge in [0.25, 0.3) is 0 Å². The Morgan fingerprint density at radius 3 is 2.41 bits per heavy atom. The zero-order valence-corrected chi connectivity index (χ0v) is 12.5. The topological polar surface area (TPSA) is 70.2 Å². The number of rotatable bonds is 5. The van der Waals surface area contributed by atoms with E-state index in [4.69, 9.17) is 0 Å². The molecule has 1 unspecified atom stereocenters. The fraction of sp³-hybridized carbons (Fsp3) is 0.429. The Balaban J connectivity index is 2.64. The standard InChI is InChI=1S/C14H18F3N3O2/c1-8-6-11(4-5-12(8)20-10(3)21)19-9(2)13(22)18-7-14(15,16)17/h4-6,9,19H,7H2,1-3H3,(H,18,22)(H,20,21). The zero-order valence-electron chi connectivity index (χ0n) is 12.5. The average molecular weight is 317 g/mol. The van der Waals surface area contributed by atoms with Gasteiger partial charge in [-0.25, -0.2) is 0 Å². The van der Waals surface area contributed by atoms with Crippen LogP contribution in [0.1, 0.15) is 19.4 Å². The summed E-state index contributed by atoms with van der Waals surface area (Å²) in [5, 5.41) is 7.26. The second-order valence-electron chi connectivity index (χ2n) is 4.91. The largest absolute Gasteiger partial charge is 0.405 e. The molecule has 0 spiro atoms. The summed E-state index contributed by atoms with van der Waals surface area (Å²) < 4.78 is 36.1. The molecule has 0 saturated carbocycles. The van der Waals surface area contributed by atoms with Gasteiger partial charge < -0.3 is 16.0 Å². The van der Waals surface area contributed by atoms with E-state index in [1.807, 2.05) is 5.32 Å². The Bertz CT molecular complexity index is 559. The first-order valence-corrected chi connectivity index (χ1v) is 6.58. The van der Waals surface area contributed by atoms with Crippen LogP contribution in [0, 0.1) is 6.92 Å². The number of hydrogen-bond donors (Lipinski definition) is 3. The van der Waals surface area contributed by atoms with Crippen molar-refractivity contribution < 1.29 is 22.8 Å². The summed E-state index contributed by atoms with van der Waals surface area (Å²) in [6.07, 6.45) is -4.44. The lowest BCUT2D eigenvalue weighted by Crippen LogP contribution is -2.42. The van der Waals surface area contributed by atoms with Crippen LogP contribution in [0.2, 0.25) is 0 Å². The fourth-order valence-electron chi connectivity index (χ4n) is 1.74. The van der Waals surface area contributed by atoms with Crippen molar-refractivity contribution in [1.82, 2.24) is 5.32 Å². The van der Waals surface area contributed by atoms with Crippen LogP contribution in [0.15, 0.2) is 18.2 Å². The van der Waals surface area contributed by atoms with Crippen molar-refractivity contribution in [3.05, 3.63) is 23.8 Å². The van der Waals surface area contributed by atoms with Gasteiger partial charge in [-0.2, -0.15) is 13.2 Å². The third-order valence-electron chi connectivity index (χ3n) is 2.78. The molecular weight excluding hydrogens is 299 g/mol. The van der Waals surface area contributed by atoms with E-state index in [-0.39, 0.29) is 5.91 Å². The van der Waals surface area contributed by atoms with Crippen LogP contribution in [0.4, 0.5) is 24.5 Å². The first-order valence-electron chi connectivity index (χ1n) is 6.58. The molecule has 1 atom stereocenters. The van der Waals surface area contributed by atoms with E-state index < -0.39 is 24.7 Å². The third kappa shape index (κ3) is 6.02. The number of alkyl halides is 3. The molecule has 0 aliphatic carbocycles. The Labute approximate surface area is 126 Å². The maximum Gasteiger partial charge on any atom is 0.405 e. The number of carbonyl (C=O) groups is 2. The van der Waals surface area contributed by atoms with Crippen LogP contribution < -0.4 is 16.0 Å². The number of nitrogens with one attached hydrogen (secondary N) is 3. The molecule has 0 radical (unpaired) electrons. The van der Waals surface area contributed by atoms with Crippen LogP contribution >= 0.6 is 0 Å². The Morgan fingerprint density at radius 2 is 1.91 bits per heavy atom. The van der Waals surface area contributed by atoms with Crippen molar-refractivity contribution in [3.63, 3.8) is 0 Å². The molecule has 0 aliphatic heterocycles. The highest BCUT2D eigenvalue weighted by molar-refractivity contribution is 5.90. The molecule has 0 aromatic heterocycles. The van der Waals surface area contributed by atoms with Crippen molar-refractivity contribution in [1.29, 1.82) is 0 Å². The number of anilines is 2. The molecule has 3 N–H and O–H groups in total. The van der Waals surface area contributed by atoms with Crippen LogP contribution in [-0.4, -0.2) is 30.6 Å². The van der Waals surface area contributed by atoms with E-state index in [1.54, 1.807) is 25.1 Å². The molecule has 0 aliphatic rings. The quantitative estimate of drug-likeness (QED) is 0.781. The Hall–Kier alpha value is -2.25. The van der Waals surface area contributed by atoms with Crippen molar-refractivity contribution in [2.24, 2.45) is 0 Å². The summed E-state index contributed by atoms with van der Waals surface area (Å²) in [6.45, 7) is 3.25. The van der Waals surface area contributed by atoms with E-state index in [0.29, 0.717) is 11.4 Å². The highest BCUT2D eigenvalue weighted by Crippen LogP contribution is 2.20. The molecule has 5 nitrogen and oxygen atoms in total. The van der Waals surface area contributed by atoms with E-state index in [2.05, 4.69) is 10.6 Å². The Kier molecular flexibility index (Phi) is 5.78. The van der Waals surface area contributed by atoms with E-state index in [1.165, 1.54) is 13.8 Å². The average Bonchev–Trinajstić information content (AvgIpc) is 2.37. The van der Waals surface area contributed by atoms with Gasteiger partial charge in [0.15, 0.2) is 0 Å². The van der Waals surface area contributed by atoms with Crippen molar-refractivity contribution in [2.75, 3.05) is 17.2 Å². The normalized spacial score (nSPS) is 12.5. The van der Waals surface area contributed by atoms with Gasteiger partial charge in [0.2, 0.25) is 11.8 Å². The minimum atomic E-state index is -4.44. The molecule has 122 valence electrons. The molecule has 22 heavy (non-hydrogen) atoms. The second-order valence-corrected chi connectivity index (χ2v) is 4.91. The maximum absolute atomic E-state index is 12.0. The molecule has 1 aromatic carbocycles. The first-order chi connectivity index (χ1) is 10.1. The summed E-state index contributed by atoms with van der Waals surface area (Å²) in [4.78, 5) is 22.6. The number of amides is 2. The van der Waals surface area contributed by atoms with Crippen LogP contribution in [0.25, 0.3) is 0 Å². The molecule has 2 amide bonds. The molecule has 0 fully saturated rings. The second kappa shape index (κ2) is 7.15. The van der Waals surface area contributed by atoms with Gasteiger partial charge in [0, 0.05) is 18.3 Å². The summed E-state index contributed by atoms with van der Waals surface area (Å²) in [5.41, 5.74) is 1.97. The summed E-state index contributed by atoms with van der Waals surface area (Å²) in [7, 11) is 0. The lowest BCUT2D eigenvalue weighted by molar-refractivity contribution is -0.138. The number of carbonyl (C=O) groups excluding carboxylic acids is 2. The Morgan fingerprint density at radius 1 is 1.27 bits per heavy atom. The monoisotopic (exact) mass is 317 g/mol. The van der Waals surface area contributed by atoms with E-state index in [0.717, 1.165) is 5.56 Å². The third-order valence-corrected chi connectivity index (χ3v) is 2.78. The fourth-order valence-corrected chi connectivity index (χ4v) is 1.74. The van der Waals surface area contributed by atoms with Crippen LogP contribution in [0.3, 0.4) is 0 Å². The first kappa shape index (κ1) is 17.8. The van der Waals surface area contributed by atoms with Crippen molar-refractivity contribution >= 4 is 23.2 Å². The van der Waals surface area contributed by atoms with Crippen LogP contribution in [0.5, 0.6) is 0 Å². The number of aryl methyl sites for hydroxylation is 1. The summed E-state index contributed by atoms with van der Waals surface area (Å²) in [5.74, 6) is -0.954. The minimum absolute atomic E-state index is 0.205. The number of hydrogen-bond acceptors (Lipinski definition) is 3. The van der Waals surface area contributed by atoms with Gasteiger partial charge in [-0.05, 0) is 37.6 Å². The molecular formula is C14H18F3N3O2. The summed E-state index contributed by atoms with van der Waals surface area (Å²) >= 11 is 0. The SMILES string of the molecule is CC(=O)Nc1ccc(NC(C)C(=O)NCC(F)(F)F)cc1C. The van der Waals surface area contributed by atoms with Gasteiger partial charge >= 0.3 is 6.18 Å². The smallest absolute Gasteiger partial charge is 0.374 e. The van der Waals surface area contributed by atoms with Gasteiger partial charge in [-0.3, -0.25) is 9.59 Å². The highest BCUT2D eigenvalue weighted by Gasteiger charge is 2.28. The van der Waals surface area contributed by atoms with Gasteiger partial charge in [0.1, 0.15) is 12.6 Å². The molecule has 1 aromatic rings. The molecule has 1 rings (SSSR count). The maximum atomic E-state index is 12.0.